The summed E-state index contributed by atoms with van der Waals surface area (Å²) in [5.41, 5.74) is 20.1. The molecule has 1 heterocycles. The molecule has 1 aliphatic carbocycles. The van der Waals surface area contributed by atoms with Crippen molar-refractivity contribution in [1.82, 2.24) is 0 Å². The van der Waals surface area contributed by atoms with E-state index >= 15 is 0 Å². The van der Waals surface area contributed by atoms with Crippen LogP contribution in [-0.4, -0.2) is 0 Å². The predicted octanol–water partition coefficient (Wildman–Crippen LogP) is 17.2. The van der Waals surface area contributed by atoms with Crippen LogP contribution in [0.4, 0.5) is 17.1 Å². The van der Waals surface area contributed by atoms with Gasteiger partial charge in [0.1, 0.15) is 11.2 Å². The van der Waals surface area contributed by atoms with Crippen molar-refractivity contribution in [1.29, 1.82) is 0 Å². The molecule has 0 fully saturated rings. The van der Waals surface area contributed by atoms with Crippen molar-refractivity contribution in [3.05, 3.63) is 236 Å². The Labute approximate surface area is 368 Å². The van der Waals surface area contributed by atoms with Gasteiger partial charge in [0.15, 0.2) is 0 Å². The van der Waals surface area contributed by atoms with Crippen LogP contribution in [0, 0.1) is 0 Å². The van der Waals surface area contributed by atoms with Gasteiger partial charge in [-0.3, -0.25) is 0 Å². The third kappa shape index (κ3) is 6.17. The first-order chi connectivity index (χ1) is 31.0. The molecule has 298 valence electrons. The summed E-state index contributed by atoms with van der Waals surface area (Å²) in [4.78, 5) is 2.37. The lowest BCUT2D eigenvalue weighted by molar-refractivity contribution is 0.662. The summed E-state index contributed by atoms with van der Waals surface area (Å²) in [7, 11) is 0. The normalized spacial score (nSPS) is 12.7. The van der Waals surface area contributed by atoms with E-state index in [4.69, 9.17) is 4.42 Å². The van der Waals surface area contributed by atoms with Crippen LogP contribution in [0.5, 0.6) is 0 Å². The molecule has 1 aliphatic rings. The SMILES string of the molecule is CC1(C)c2ccccc2-c2cccc(-c3ccc(N(c4ccc(-c5cccc(-c6cccc7ccccc67)c5)cc4)c4ccc(-c5ccc6oc7ccccc7c6c5)cc4)cc3)c21. The van der Waals surface area contributed by atoms with Crippen LogP contribution in [0.3, 0.4) is 0 Å². The lowest BCUT2D eigenvalue weighted by Crippen LogP contribution is -2.16. The quantitative estimate of drug-likeness (QED) is 0.160. The zero-order valence-electron chi connectivity index (χ0n) is 35.2. The number of para-hydroxylation sites is 1. The molecule has 0 N–H and O–H groups in total. The van der Waals surface area contributed by atoms with Crippen LogP contribution in [0.15, 0.2) is 229 Å². The van der Waals surface area contributed by atoms with Crippen LogP contribution in [0.2, 0.25) is 0 Å². The highest BCUT2D eigenvalue weighted by Crippen LogP contribution is 2.52. The number of hydrogen-bond donors (Lipinski definition) is 0. The van der Waals surface area contributed by atoms with E-state index in [1.165, 1.54) is 66.4 Å². The Morgan fingerprint density at radius 1 is 0.333 bits per heavy atom. The highest BCUT2D eigenvalue weighted by atomic mass is 16.3. The number of rotatable bonds is 7. The summed E-state index contributed by atoms with van der Waals surface area (Å²) < 4.78 is 6.15. The third-order valence-electron chi connectivity index (χ3n) is 13.3. The number of benzene rings is 10. The van der Waals surface area contributed by atoms with Gasteiger partial charge in [0.25, 0.3) is 0 Å². The minimum absolute atomic E-state index is 0.0969. The molecule has 0 aliphatic heterocycles. The molecular weight excluding hydrogens is 763 g/mol. The van der Waals surface area contributed by atoms with E-state index in [2.05, 4.69) is 231 Å². The van der Waals surface area contributed by atoms with E-state index in [9.17, 15) is 0 Å². The standard InChI is InChI=1S/C61H43NO/c1-61(2)57-22-7-5-17-53(57)55-21-11-20-52(60(55)61)43-28-35-49(36-29-43)62(48-33-26-41(27-34-48)45-30-37-59-56(39-45)54-18-6-8-23-58(54)63-59)47-31-24-40(25-32-47)44-14-9-15-46(38-44)51-19-10-13-42-12-3-4-16-50(42)51/h3-39H,1-2H3. The van der Waals surface area contributed by atoms with Gasteiger partial charge in [-0.05, 0) is 138 Å². The molecular formula is C61H43NO. The summed E-state index contributed by atoms with van der Waals surface area (Å²) in [6, 6.07) is 81.6. The minimum atomic E-state index is -0.0969. The summed E-state index contributed by atoms with van der Waals surface area (Å²) in [5.74, 6) is 0. The van der Waals surface area contributed by atoms with Crippen molar-refractivity contribution >= 4 is 49.8 Å². The van der Waals surface area contributed by atoms with Gasteiger partial charge in [-0.15, -0.1) is 0 Å². The Kier molecular flexibility index (Phi) is 8.55. The molecule has 1 aromatic heterocycles. The molecule has 0 saturated carbocycles. The maximum atomic E-state index is 6.15. The van der Waals surface area contributed by atoms with E-state index in [1.54, 1.807) is 0 Å². The van der Waals surface area contributed by atoms with Gasteiger partial charge in [-0.2, -0.15) is 0 Å². The summed E-state index contributed by atoms with van der Waals surface area (Å²) >= 11 is 0. The van der Waals surface area contributed by atoms with Gasteiger partial charge in [0, 0.05) is 33.2 Å². The molecule has 0 saturated heterocycles. The van der Waals surface area contributed by atoms with Gasteiger partial charge < -0.3 is 9.32 Å². The van der Waals surface area contributed by atoms with E-state index in [-0.39, 0.29) is 5.41 Å². The van der Waals surface area contributed by atoms with E-state index in [1.807, 2.05) is 12.1 Å². The van der Waals surface area contributed by atoms with Crippen molar-refractivity contribution in [2.24, 2.45) is 0 Å². The first kappa shape index (κ1) is 36.9. The fourth-order valence-electron chi connectivity index (χ4n) is 10.2. The van der Waals surface area contributed by atoms with Crippen LogP contribution < -0.4 is 4.90 Å². The molecule has 11 aromatic rings. The zero-order chi connectivity index (χ0) is 42.1. The number of nitrogens with zero attached hydrogens (tertiary/aromatic N) is 1. The second kappa shape index (κ2) is 14.6. The fraction of sp³-hybridized carbons (Fsp3) is 0.0492. The molecule has 12 rings (SSSR count). The van der Waals surface area contributed by atoms with Crippen molar-refractivity contribution in [3.8, 4) is 55.6 Å². The molecule has 0 amide bonds. The Balaban J connectivity index is 0.922. The van der Waals surface area contributed by atoms with Crippen molar-refractivity contribution in [2.45, 2.75) is 19.3 Å². The third-order valence-corrected chi connectivity index (χ3v) is 13.3. The summed E-state index contributed by atoms with van der Waals surface area (Å²) in [6.45, 7) is 4.72. The summed E-state index contributed by atoms with van der Waals surface area (Å²) in [6.07, 6.45) is 0. The first-order valence-corrected chi connectivity index (χ1v) is 21.8. The van der Waals surface area contributed by atoms with Crippen molar-refractivity contribution in [3.63, 3.8) is 0 Å². The predicted molar refractivity (Wildman–Crippen MR) is 265 cm³/mol. The molecule has 0 unspecified atom stereocenters. The maximum absolute atomic E-state index is 6.15. The second-order valence-electron chi connectivity index (χ2n) is 17.3. The molecule has 0 radical (unpaired) electrons. The Morgan fingerprint density at radius 3 is 1.60 bits per heavy atom. The average molecular weight is 806 g/mol. The van der Waals surface area contributed by atoms with E-state index < -0.39 is 0 Å². The van der Waals surface area contributed by atoms with Crippen LogP contribution in [0.1, 0.15) is 25.0 Å². The topological polar surface area (TPSA) is 16.4 Å². The number of furan rings is 1. The zero-order valence-corrected chi connectivity index (χ0v) is 35.2. The van der Waals surface area contributed by atoms with E-state index in [0.717, 1.165) is 50.1 Å². The van der Waals surface area contributed by atoms with Gasteiger partial charge in [-0.1, -0.05) is 178 Å². The number of fused-ring (bicyclic) bond motifs is 7. The van der Waals surface area contributed by atoms with Crippen LogP contribution >= 0.6 is 0 Å². The van der Waals surface area contributed by atoms with Gasteiger partial charge in [0.05, 0.1) is 0 Å². The number of hydrogen-bond acceptors (Lipinski definition) is 2. The Morgan fingerprint density at radius 2 is 0.841 bits per heavy atom. The summed E-state index contributed by atoms with van der Waals surface area (Å²) in [5, 5.41) is 4.78. The monoisotopic (exact) mass is 805 g/mol. The van der Waals surface area contributed by atoms with Gasteiger partial charge in [0.2, 0.25) is 0 Å². The Bertz CT molecular complexity index is 3510. The lowest BCUT2D eigenvalue weighted by Gasteiger charge is -2.27. The van der Waals surface area contributed by atoms with Crippen molar-refractivity contribution in [2.75, 3.05) is 4.90 Å². The molecule has 10 aromatic carbocycles. The van der Waals surface area contributed by atoms with Gasteiger partial charge >= 0.3 is 0 Å². The highest BCUT2D eigenvalue weighted by molar-refractivity contribution is 6.06. The Hall–Kier alpha value is -7.94. The smallest absolute Gasteiger partial charge is 0.135 e. The van der Waals surface area contributed by atoms with Gasteiger partial charge in [-0.25, -0.2) is 0 Å². The fourth-order valence-corrected chi connectivity index (χ4v) is 10.2. The van der Waals surface area contributed by atoms with Crippen molar-refractivity contribution < 1.29 is 4.42 Å². The largest absolute Gasteiger partial charge is 0.456 e. The lowest BCUT2D eigenvalue weighted by atomic mass is 9.79. The second-order valence-corrected chi connectivity index (χ2v) is 17.3. The molecule has 0 atom stereocenters. The molecule has 63 heavy (non-hydrogen) atoms. The van der Waals surface area contributed by atoms with Crippen LogP contribution in [-0.2, 0) is 5.41 Å². The van der Waals surface area contributed by atoms with Crippen LogP contribution in [0.25, 0.3) is 88.3 Å². The molecule has 2 nitrogen and oxygen atoms in total. The average Bonchev–Trinajstić information content (AvgIpc) is 3.83. The molecule has 0 spiro atoms. The number of anilines is 3. The molecule has 2 heteroatoms. The highest BCUT2D eigenvalue weighted by Gasteiger charge is 2.37. The molecule has 0 bridgehead atoms. The first-order valence-electron chi connectivity index (χ1n) is 21.8. The minimum Gasteiger partial charge on any atom is -0.456 e. The maximum Gasteiger partial charge on any atom is 0.135 e. The van der Waals surface area contributed by atoms with E-state index in [0.29, 0.717) is 0 Å².